The molecule has 4 rings (SSSR count). The molecule has 27 heavy (non-hydrogen) atoms. The van der Waals surface area contributed by atoms with Crippen molar-refractivity contribution >= 4 is 17.9 Å². The zero-order valence-corrected chi connectivity index (χ0v) is 16.1. The van der Waals surface area contributed by atoms with Gasteiger partial charge in [0, 0.05) is 36.6 Å². The molecule has 0 bridgehead atoms. The first-order valence-corrected chi connectivity index (χ1v) is 9.70. The Morgan fingerprint density at radius 1 is 1.04 bits per heavy atom. The SMILES string of the molecule is CCc1cc(-c2c[nH]c(=S)n2-c2cccc(N3CCCC3)c2)c(O)cc1O. The van der Waals surface area contributed by atoms with Crippen LogP contribution in [0, 0.1) is 4.77 Å². The molecule has 1 aliphatic rings. The van der Waals surface area contributed by atoms with Crippen LogP contribution in [0.3, 0.4) is 0 Å². The van der Waals surface area contributed by atoms with Gasteiger partial charge in [-0.25, -0.2) is 0 Å². The van der Waals surface area contributed by atoms with Gasteiger partial charge in [0.15, 0.2) is 4.77 Å². The largest absolute Gasteiger partial charge is 0.508 e. The van der Waals surface area contributed by atoms with E-state index < -0.39 is 0 Å². The molecular formula is C21H23N3O2S. The highest BCUT2D eigenvalue weighted by Gasteiger charge is 2.17. The Morgan fingerprint density at radius 3 is 2.52 bits per heavy atom. The molecule has 0 unspecified atom stereocenters. The Kier molecular flexibility index (Phi) is 4.66. The minimum absolute atomic E-state index is 0.0307. The van der Waals surface area contributed by atoms with E-state index in [0.29, 0.717) is 16.8 Å². The summed E-state index contributed by atoms with van der Waals surface area (Å²) in [4.78, 5) is 5.47. The third-order valence-corrected chi connectivity index (χ3v) is 5.49. The van der Waals surface area contributed by atoms with Crippen LogP contribution < -0.4 is 4.90 Å². The summed E-state index contributed by atoms with van der Waals surface area (Å²) in [7, 11) is 0. The van der Waals surface area contributed by atoms with E-state index in [0.717, 1.165) is 30.0 Å². The van der Waals surface area contributed by atoms with Gasteiger partial charge in [0.1, 0.15) is 11.5 Å². The molecule has 140 valence electrons. The molecule has 0 spiro atoms. The van der Waals surface area contributed by atoms with E-state index >= 15 is 0 Å². The molecule has 0 radical (unpaired) electrons. The van der Waals surface area contributed by atoms with E-state index in [9.17, 15) is 10.2 Å². The fourth-order valence-corrected chi connectivity index (χ4v) is 4.00. The van der Waals surface area contributed by atoms with Crippen molar-refractivity contribution in [2.75, 3.05) is 18.0 Å². The van der Waals surface area contributed by atoms with Crippen molar-refractivity contribution in [1.82, 2.24) is 9.55 Å². The summed E-state index contributed by atoms with van der Waals surface area (Å²) in [5.41, 5.74) is 4.33. The summed E-state index contributed by atoms with van der Waals surface area (Å²) >= 11 is 5.53. The number of aromatic hydroxyl groups is 2. The van der Waals surface area contributed by atoms with Gasteiger partial charge in [-0.05, 0) is 61.3 Å². The van der Waals surface area contributed by atoms with E-state index in [1.807, 2.05) is 29.7 Å². The van der Waals surface area contributed by atoms with Crippen LogP contribution in [0.5, 0.6) is 11.5 Å². The van der Waals surface area contributed by atoms with Crippen molar-refractivity contribution < 1.29 is 10.2 Å². The zero-order valence-electron chi connectivity index (χ0n) is 15.3. The van der Waals surface area contributed by atoms with Crippen molar-refractivity contribution in [2.45, 2.75) is 26.2 Å². The molecule has 1 aromatic heterocycles. The van der Waals surface area contributed by atoms with Crippen molar-refractivity contribution in [3.05, 3.63) is 52.9 Å². The molecule has 1 aliphatic heterocycles. The van der Waals surface area contributed by atoms with Gasteiger partial charge in [-0.2, -0.15) is 0 Å². The number of aromatic amines is 1. The second kappa shape index (κ2) is 7.12. The molecule has 3 aromatic rings. The van der Waals surface area contributed by atoms with E-state index in [-0.39, 0.29) is 11.5 Å². The van der Waals surface area contributed by atoms with Gasteiger partial charge >= 0.3 is 0 Å². The summed E-state index contributed by atoms with van der Waals surface area (Å²) in [6, 6.07) is 11.5. The van der Waals surface area contributed by atoms with Gasteiger partial charge in [0.2, 0.25) is 0 Å². The lowest BCUT2D eigenvalue weighted by atomic mass is 10.0. The maximum Gasteiger partial charge on any atom is 0.182 e. The molecule has 5 nitrogen and oxygen atoms in total. The normalized spacial score (nSPS) is 14.0. The Balaban J connectivity index is 1.84. The topological polar surface area (TPSA) is 64.4 Å². The summed E-state index contributed by atoms with van der Waals surface area (Å²) in [6.07, 6.45) is 4.92. The van der Waals surface area contributed by atoms with Gasteiger partial charge in [-0.15, -0.1) is 0 Å². The van der Waals surface area contributed by atoms with Crippen LogP contribution in [-0.2, 0) is 6.42 Å². The number of aryl methyl sites for hydroxylation is 1. The molecule has 6 heteroatoms. The number of phenolic OH excluding ortho intramolecular Hbond substituents is 2. The summed E-state index contributed by atoms with van der Waals surface area (Å²) in [5.74, 6) is 0.138. The van der Waals surface area contributed by atoms with Crippen LogP contribution in [-0.4, -0.2) is 32.9 Å². The number of nitrogens with one attached hydrogen (secondary N) is 1. The van der Waals surface area contributed by atoms with Gasteiger partial charge in [-0.1, -0.05) is 13.0 Å². The quantitative estimate of drug-likeness (QED) is 0.569. The number of imidazole rings is 1. The van der Waals surface area contributed by atoms with E-state index in [1.165, 1.54) is 24.6 Å². The molecule has 1 fully saturated rings. The minimum atomic E-state index is 0.0307. The average molecular weight is 382 g/mol. The molecule has 0 aliphatic carbocycles. The van der Waals surface area contributed by atoms with E-state index in [2.05, 4.69) is 22.0 Å². The first-order chi connectivity index (χ1) is 13.1. The number of hydrogen-bond donors (Lipinski definition) is 3. The number of aromatic nitrogens is 2. The van der Waals surface area contributed by atoms with Crippen molar-refractivity contribution in [1.29, 1.82) is 0 Å². The molecule has 2 aromatic carbocycles. The Labute approximate surface area is 163 Å². The number of rotatable bonds is 4. The third kappa shape index (κ3) is 3.21. The molecule has 2 heterocycles. The van der Waals surface area contributed by atoms with Gasteiger partial charge in [0.25, 0.3) is 0 Å². The second-order valence-electron chi connectivity index (χ2n) is 6.88. The molecule has 1 saturated heterocycles. The number of H-pyrrole nitrogens is 1. The number of phenols is 2. The van der Waals surface area contributed by atoms with Crippen molar-refractivity contribution in [3.8, 4) is 28.4 Å². The lowest BCUT2D eigenvalue weighted by Crippen LogP contribution is -2.17. The number of anilines is 1. The minimum Gasteiger partial charge on any atom is -0.508 e. The van der Waals surface area contributed by atoms with Crippen LogP contribution in [0.25, 0.3) is 16.9 Å². The first kappa shape index (κ1) is 17.7. The third-order valence-electron chi connectivity index (χ3n) is 5.19. The molecule has 0 amide bonds. The fraction of sp³-hybridized carbons (Fsp3) is 0.286. The lowest BCUT2D eigenvalue weighted by Gasteiger charge is -2.19. The van der Waals surface area contributed by atoms with E-state index in [4.69, 9.17) is 12.2 Å². The molecular weight excluding hydrogens is 358 g/mol. The lowest BCUT2D eigenvalue weighted by molar-refractivity contribution is 0.447. The standard InChI is InChI=1S/C21H23N3O2S/c1-2-14-10-17(20(26)12-19(14)25)18-13-22-21(27)24(18)16-7-5-6-15(11-16)23-8-3-4-9-23/h5-7,10-13,25-26H,2-4,8-9H2,1H3,(H,22,27). The maximum absolute atomic E-state index is 10.4. The zero-order chi connectivity index (χ0) is 19.0. The predicted molar refractivity (Wildman–Crippen MR) is 111 cm³/mol. The van der Waals surface area contributed by atoms with E-state index in [1.54, 1.807) is 6.20 Å². The van der Waals surface area contributed by atoms with Gasteiger partial charge in [-0.3, -0.25) is 4.57 Å². The van der Waals surface area contributed by atoms with Crippen LogP contribution in [0.1, 0.15) is 25.3 Å². The number of nitrogens with zero attached hydrogens (tertiary/aromatic N) is 2. The van der Waals surface area contributed by atoms with Crippen LogP contribution >= 0.6 is 12.2 Å². The van der Waals surface area contributed by atoms with Crippen LogP contribution in [0.15, 0.2) is 42.6 Å². The maximum atomic E-state index is 10.4. The molecule has 0 atom stereocenters. The van der Waals surface area contributed by atoms with Crippen LogP contribution in [0.2, 0.25) is 0 Å². The van der Waals surface area contributed by atoms with Gasteiger partial charge < -0.3 is 20.1 Å². The highest BCUT2D eigenvalue weighted by atomic mass is 32.1. The predicted octanol–water partition coefficient (Wildman–Crippen LogP) is 4.78. The monoisotopic (exact) mass is 381 g/mol. The molecule has 0 saturated carbocycles. The highest BCUT2D eigenvalue weighted by Crippen LogP contribution is 2.36. The fourth-order valence-electron chi connectivity index (χ4n) is 3.74. The van der Waals surface area contributed by atoms with Crippen molar-refractivity contribution in [2.24, 2.45) is 0 Å². The summed E-state index contributed by atoms with van der Waals surface area (Å²) in [6.45, 7) is 4.12. The second-order valence-corrected chi connectivity index (χ2v) is 7.27. The number of hydrogen-bond acceptors (Lipinski definition) is 4. The molecule has 3 N–H and O–H groups in total. The average Bonchev–Trinajstić information content (AvgIpc) is 3.32. The highest BCUT2D eigenvalue weighted by molar-refractivity contribution is 7.71. The Bertz CT molecular complexity index is 1030. The van der Waals surface area contributed by atoms with Crippen LogP contribution in [0.4, 0.5) is 5.69 Å². The summed E-state index contributed by atoms with van der Waals surface area (Å²) in [5, 5.41) is 20.5. The first-order valence-electron chi connectivity index (χ1n) is 9.29. The Hall–Kier alpha value is -2.73. The number of benzene rings is 2. The smallest absolute Gasteiger partial charge is 0.182 e. The van der Waals surface area contributed by atoms with Crippen molar-refractivity contribution in [3.63, 3.8) is 0 Å². The van der Waals surface area contributed by atoms with Gasteiger partial charge in [0.05, 0.1) is 11.4 Å². The Morgan fingerprint density at radius 2 is 1.78 bits per heavy atom. The summed E-state index contributed by atoms with van der Waals surface area (Å²) < 4.78 is 2.49.